The molecule has 0 atom stereocenters. The Kier molecular flexibility index (Phi) is 3.91. The minimum absolute atomic E-state index is 1.15. The summed E-state index contributed by atoms with van der Waals surface area (Å²) in [6.07, 6.45) is 7.14. The summed E-state index contributed by atoms with van der Waals surface area (Å²) in [5.74, 6) is 0. The quantitative estimate of drug-likeness (QED) is 0.616. The van der Waals surface area contributed by atoms with Gasteiger partial charge < -0.3 is 0 Å². The molecule has 0 radical (unpaired) electrons. The van der Waals surface area contributed by atoms with Crippen LogP contribution in [0.5, 0.6) is 0 Å². The fourth-order valence-electron chi connectivity index (χ4n) is 1.25. The number of hydrogen-bond donors (Lipinski definition) is 0. The molecule has 0 saturated carbocycles. The van der Waals surface area contributed by atoms with Gasteiger partial charge in [-0.3, -0.25) is 4.90 Å². The predicted molar refractivity (Wildman–Crippen MR) is 48.3 cm³/mol. The van der Waals surface area contributed by atoms with E-state index >= 15 is 0 Å². The topological polar surface area (TPSA) is 3.24 Å². The van der Waals surface area contributed by atoms with E-state index < -0.39 is 0 Å². The molecule has 1 aliphatic rings. The van der Waals surface area contributed by atoms with Gasteiger partial charge in [-0.1, -0.05) is 6.08 Å². The standard InChI is InChI=1S/C8H15NS/c1-10-8-4-7-9-5-2-3-6-9/h4,8H,2-3,5-7H2,1H3/b8-4+. The van der Waals surface area contributed by atoms with Crippen LogP contribution < -0.4 is 0 Å². The Bertz CT molecular complexity index is 106. The molecule has 0 spiro atoms. The van der Waals surface area contributed by atoms with E-state index in [9.17, 15) is 0 Å². The van der Waals surface area contributed by atoms with Gasteiger partial charge in [0.1, 0.15) is 0 Å². The minimum Gasteiger partial charge on any atom is -0.300 e. The van der Waals surface area contributed by atoms with Crippen LogP contribution in [0.2, 0.25) is 0 Å². The maximum Gasteiger partial charge on any atom is 0.0171 e. The van der Waals surface area contributed by atoms with Crippen LogP contribution in [-0.4, -0.2) is 30.8 Å². The highest BCUT2D eigenvalue weighted by molar-refractivity contribution is 8.01. The Labute approximate surface area is 67.5 Å². The van der Waals surface area contributed by atoms with E-state index in [0.717, 1.165) is 6.54 Å². The first-order valence-electron chi connectivity index (χ1n) is 3.83. The van der Waals surface area contributed by atoms with Crippen molar-refractivity contribution in [1.82, 2.24) is 4.90 Å². The molecule has 0 amide bonds. The van der Waals surface area contributed by atoms with Crippen LogP contribution in [-0.2, 0) is 0 Å². The molecular weight excluding hydrogens is 142 g/mol. The Hall–Kier alpha value is 0.0500. The van der Waals surface area contributed by atoms with Gasteiger partial charge in [0.15, 0.2) is 0 Å². The molecule has 1 rings (SSSR count). The molecule has 58 valence electrons. The third kappa shape index (κ3) is 2.76. The van der Waals surface area contributed by atoms with Gasteiger partial charge in [0, 0.05) is 6.54 Å². The molecule has 0 aromatic heterocycles. The third-order valence-corrected chi connectivity index (χ3v) is 2.26. The van der Waals surface area contributed by atoms with Crippen LogP contribution in [0.25, 0.3) is 0 Å². The van der Waals surface area contributed by atoms with Gasteiger partial charge in [-0.2, -0.15) is 0 Å². The maximum absolute atomic E-state index is 2.49. The number of hydrogen-bond acceptors (Lipinski definition) is 2. The van der Waals surface area contributed by atoms with E-state index in [1.807, 2.05) is 0 Å². The molecule has 0 aromatic carbocycles. The number of likely N-dealkylation sites (tertiary alicyclic amines) is 1. The predicted octanol–water partition coefficient (Wildman–Crippen LogP) is 1.96. The SMILES string of the molecule is CS/C=C/CN1CCCC1. The summed E-state index contributed by atoms with van der Waals surface area (Å²) in [6, 6.07) is 0. The molecule has 10 heavy (non-hydrogen) atoms. The second-order valence-corrected chi connectivity index (χ2v) is 3.36. The highest BCUT2D eigenvalue weighted by Crippen LogP contribution is 2.06. The number of rotatable bonds is 3. The first-order chi connectivity index (χ1) is 4.93. The summed E-state index contributed by atoms with van der Waals surface area (Å²) in [7, 11) is 0. The van der Waals surface area contributed by atoms with Crippen molar-refractivity contribution >= 4 is 11.8 Å². The van der Waals surface area contributed by atoms with E-state index in [-0.39, 0.29) is 0 Å². The number of thioether (sulfide) groups is 1. The van der Waals surface area contributed by atoms with E-state index in [2.05, 4.69) is 22.6 Å². The summed E-state index contributed by atoms with van der Waals surface area (Å²) in [4.78, 5) is 2.49. The van der Waals surface area contributed by atoms with Crippen LogP contribution in [0.15, 0.2) is 11.5 Å². The molecule has 0 aromatic rings. The summed E-state index contributed by atoms with van der Waals surface area (Å²) in [5.41, 5.74) is 0. The normalized spacial score (nSPS) is 20.9. The fraction of sp³-hybridized carbons (Fsp3) is 0.750. The van der Waals surface area contributed by atoms with Crippen LogP contribution in [0.1, 0.15) is 12.8 Å². The van der Waals surface area contributed by atoms with Gasteiger partial charge in [0.05, 0.1) is 0 Å². The Morgan fingerprint density at radius 1 is 1.40 bits per heavy atom. The molecular formula is C8H15NS. The van der Waals surface area contributed by atoms with Crippen molar-refractivity contribution in [2.75, 3.05) is 25.9 Å². The lowest BCUT2D eigenvalue weighted by Gasteiger charge is -2.09. The van der Waals surface area contributed by atoms with Gasteiger partial charge in [-0.05, 0) is 37.6 Å². The lowest BCUT2D eigenvalue weighted by Crippen LogP contribution is -2.18. The first kappa shape index (κ1) is 8.15. The van der Waals surface area contributed by atoms with Gasteiger partial charge in [-0.25, -0.2) is 0 Å². The summed E-state index contributed by atoms with van der Waals surface area (Å²) >= 11 is 1.78. The smallest absolute Gasteiger partial charge is 0.0171 e. The fourth-order valence-corrected chi connectivity index (χ4v) is 1.53. The average Bonchev–Trinajstić information content (AvgIpc) is 2.41. The van der Waals surface area contributed by atoms with Gasteiger partial charge in [0.25, 0.3) is 0 Å². The molecule has 1 nitrogen and oxygen atoms in total. The maximum atomic E-state index is 2.49. The largest absolute Gasteiger partial charge is 0.300 e. The lowest BCUT2D eigenvalue weighted by molar-refractivity contribution is 0.377. The molecule has 2 heteroatoms. The third-order valence-electron chi connectivity index (χ3n) is 1.79. The Morgan fingerprint density at radius 2 is 2.10 bits per heavy atom. The summed E-state index contributed by atoms with van der Waals surface area (Å²) in [6.45, 7) is 3.76. The molecule has 0 unspecified atom stereocenters. The highest BCUT2D eigenvalue weighted by Gasteiger charge is 2.08. The molecule has 1 saturated heterocycles. The Balaban J connectivity index is 2.06. The van der Waals surface area contributed by atoms with E-state index in [4.69, 9.17) is 0 Å². The Morgan fingerprint density at radius 3 is 2.70 bits per heavy atom. The van der Waals surface area contributed by atoms with Crippen molar-refractivity contribution in [1.29, 1.82) is 0 Å². The summed E-state index contributed by atoms with van der Waals surface area (Å²) in [5, 5.41) is 2.16. The molecule has 0 aliphatic carbocycles. The van der Waals surface area contributed by atoms with Crippen molar-refractivity contribution in [3.05, 3.63) is 11.5 Å². The van der Waals surface area contributed by atoms with Gasteiger partial charge in [-0.15, -0.1) is 11.8 Å². The highest BCUT2D eigenvalue weighted by atomic mass is 32.2. The van der Waals surface area contributed by atoms with Crippen LogP contribution in [0, 0.1) is 0 Å². The van der Waals surface area contributed by atoms with E-state index in [1.165, 1.54) is 25.9 Å². The van der Waals surface area contributed by atoms with E-state index in [1.54, 1.807) is 11.8 Å². The molecule has 0 bridgehead atoms. The number of nitrogens with zero attached hydrogens (tertiary/aromatic N) is 1. The van der Waals surface area contributed by atoms with Crippen molar-refractivity contribution in [3.8, 4) is 0 Å². The lowest BCUT2D eigenvalue weighted by atomic mass is 10.4. The van der Waals surface area contributed by atoms with Gasteiger partial charge in [0.2, 0.25) is 0 Å². The van der Waals surface area contributed by atoms with Crippen LogP contribution >= 0.6 is 11.8 Å². The van der Waals surface area contributed by atoms with E-state index in [0.29, 0.717) is 0 Å². The summed E-state index contributed by atoms with van der Waals surface area (Å²) < 4.78 is 0. The van der Waals surface area contributed by atoms with Crippen molar-refractivity contribution in [3.63, 3.8) is 0 Å². The first-order valence-corrected chi connectivity index (χ1v) is 5.12. The molecule has 1 aliphatic heterocycles. The second kappa shape index (κ2) is 4.80. The second-order valence-electron chi connectivity index (χ2n) is 2.62. The zero-order valence-corrected chi connectivity index (χ0v) is 7.36. The minimum atomic E-state index is 1.15. The zero-order valence-electron chi connectivity index (χ0n) is 6.55. The van der Waals surface area contributed by atoms with Crippen LogP contribution in [0.3, 0.4) is 0 Å². The molecule has 1 heterocycles. The van der Waals surface area contributed by atoms with Crippen molar-refractivity contribution in [2.45, 2.75) is 12.8 Å². The van der Waals surface area contributed by atoms with Crippen LogP contribution in [0.4, 0.5) is 0 Å². The molecule has 1 fully saturated rings. The zero-order chi connectivity index (χ0) is 7.23. The van der Waals surface area contributed by atoms with Crippen molar-refractivity contribution < 1.29 is 0 Å². The molecule has 0 N–H and O–H groups in total. The van der Waals surface area contributed by atoms with Crippen molar-refractivity contribution in [2.24, 2.45) is 0 Å². The average molecular weight is 157 g/mol. The van der Waals surface area contributed by atoms with Gasteiger partial charge >= 0.3 is 0 Å². The monoisotopic (exact) mass is 157 g/mol.